The van der Waals surface area contributed by atoms with Gasteiger partial charge >= 0.3 is 5.69 Å². The van der Waals surface area contributed by atoms with Crippen LogP contribution in [0, 0.1) is 32.8 Å². The van der Waals surface area contributed by atoms with Gasteiger partial charge in [-0.1, -0.05) is 36.7 Å². The summed E-state index contributed by atoms with van der Waals surface area (Å²) in [5.74, 6) is 0.114. The number of hydrogen-bond acceptors (Lipinski definition) is 6. The Hall–Kier alpha value is -2.24. The number of nitriles is 1. The van der Waals surface area contributed by atoms with Crippen molar-refractivity contribution in [3.63, 3.8) is 0 Å². The molecule has 146 valence electrons. The van der Waals surface area contributed by atoms with Crippen LogP contribution < -0.4 is 0 Å². The Morgan fingerprint density at radius 3 is 2.79 bits per heavy atom. The van der Waals surface area contributed by atoms with Crippen molar-refractivity contribution in [2.75, 3.05) is 0 Å². The Balaban J connectivity index is 1.98. The van der Waals surface area contributed by atoms with Gasteiger partial charge in [-0.3, -0.25) is 10.1 Å². The monoisotopic (exact) mass is 461 g/mol. The minimum Gasteiger partial charge on any atom is -0.502 e. The van der Waals surface area contributed by atoms with Crippen molar-refractivity contribution in [1.29, 1.82) is 5.26 Å². The summed E-state index contributed by atoms with van der Waals surface area (Å²) in [6.07, 6.45) is 4.22. The highest BCUT2D eigenvalue weighted by Gasteiger charge is 2.32. The maximum atomic E-state index is 11.1. The quantitative estimate of drug-likeness (QED) is 0.349. The van der Waals surface area contributed by atoms with Crippen LogP contribution in [0.5, 0.6) is 5.75 Å². The number of rotatable bonds is 3. The van der Waals surface area contributed by atoms with E-state index in [-0.39, 0.29) is 11.0 Å². The van der Waals surface area contributed by atoms with E-state index in [1.807, 2.05) is 0 Å². The molecule has 0 saturated heterocycles. The van der Waals surface area contributed by atoms with E-state index in [2.05, 4.69) is 47.8 Å². The summed E-state index contributed by atoms with van der Waals surface area (Å²) in [5.41, 5.74) is 1.69. The second kappa shape index (κ2) is 7.64. The van der Waals surface area contributed by atoms with Gasteiger partial charge in [-0.15, -0.1) is 11.3 Å². The maximum Gasteiger partial charge on any atom is 0.312 e. The molecule has 0 bridgehead atoms. The average Bonchev–Trinajstić information content (AvgIpc) is 2.97. The fourth-order valence-corrected chi connectivity index (χ4v) is 5.17. The fraction of sp³-hybridized carbons (Fsp3) is 0.400. The van der Waals surface area contributed by atoms with Gasteiger partial charge < -0.3 is 5.11 Å². The Kier molecular flexibility index (Phi) is 5.60. The lowest BCUT2D eigenvalue weighted by atomic mass is 9.72. The van der Waals surface area contributed by atoms with Gasteiger partial charge in [0.25, 0.3) is 0 Å². The molecule has 1 aromatic heterocycles. The number of nitrogens with zero attached hydrogens (tertiary/aromatic N) is 3. The van der Waals surface area contributed by atoms with Crippen LogP contribution in [-0.4, -0.2) is 16.2 Å². The van der Waals surface area contributed by atoms with Crippen molar-refractivity contribution in [3.05, 3.63) is 48.3 Å². The van der Waals surface area contributed by atoms with Crippen molar-refractivity contribution in [3.8, 4) is 11.8 Å². The van der Waals surface area contributed by atoms with Crippen molar-refractivity contribution < 1.29 is 10.0 Å². The molecule has 3 rings (SSSR count). The zero-order valence-corrected chi connectivity index (χ0v) is 18.2. The van der Waals surface area contributed by atoms with E-state index in [9.17, 15) is 20.5 Å². The van der Waals surface area contributed by atoms with E-state index in [0.717, 1.165) is 24.8 Å². The predicted molar refractivity (Wildman–Crippen MR) is 114 cm³/mol. The summed E-state index contributed by atoms with van der Waals surface area (Å²) in [5, 5.41) is 31.5. The molecule has 0 radical (unpaired) electrons. The van der Waals surface area contributed by atoms with Crippen LogP contribution >= 0.6 is 27.3 Å². The molecule has 0 saturated carbocycles. The van der Waals surface area contributed by atoms with Gasteiger partial charge in [0.15, 0.2) is 0 Å². The number of nitro groups is 1. The molecule has 6 nitrogen and oxygen atoms in total. The SMILES string of the molecule is CC(C)(C)[C@@H]1CCc2c(sc(N=Cc3cc(Br)cc([N+](=O)[O-])c3O)c2C#N)C1. The minimum absolute atomic E-state index is 0.207. The highest BCUT2D eigenvalue weighted by atomic mass is 79.9. The van der Waals surface area contributed by atoms with E-state index < -0.39 is 16.4 Å². The first-order valence-electron chi connectivity index (χ1n) is 8.87. The van der Waals surface area contributed by atoms with Gasteiger partial charge in [-0.25, -0.2) is 4.99 Å². The minimum atomic E-state index is -0.644. The largest absolute Gasteiger partial charge is 0.502 e. The Labute approximate surface area is 175 Å². The Bertz CT molecular complexity index is 1020. The first-order chi connectivity index (χ1) is 13.1. The van der Waals surface area contributed by atoms with Crippen molar-refractivity contribution in [2.24, 2.45) is 16.3 Å². The zero-order chi connectivity index (χ0) is 20.6. The van der Waals surface area contributed by atoms with Crippen LogP contribution in [0.25, 0.3) is 0 Å². The number of phenols is 1. The van der Waals surface area contributed by atoms with Gasteiger partial charge in [0.05, 0.1) is 10.5 Å². The molecule has 8 heteroatoms. The van der Waals surface area contributed by atoms with Gasteiger partial charge in [-0.05, 0) is 42.2 Å². The van der Waals surface area contributed by atoms with Crippen LogP contribution in [-0.2, 0) is 12.8 Å². The molecular weight excluding hydrogens is 442 g/mol. The smallest absolute Gasteiger partial charge is 0.312 e. The topological polar surface area (TPSA) is 99.5 Å². The summed E-state index contributed by atoms with van der Waals surface area (Å²) in [4.78, 5) is 16.0. The number of nitro benzene ring substituents is 1. The number of phenolic OH excluding ortho intramolecular Hbond substituents is 1. The van der Waals surface area contributed by atoms with Gasteiger partial charge in [0.1, 0.15) is 11.1 Å². The van der Waals surface area contributed by atoms with Crippen LogP contribution in [0.4, 0.5) is 10.7 Å². The maximum absolute atomic E-state index is 11.1. The Morgan fingerprint density at radius 1 is 1.46 bits per heavy atom. The molecular formula is C20H20BrN3O3S. The third-order valence-corrected chi connectivity index (χ3v) is 6.81. The number of hydrogen-bond donors (Lipinski definition) is 1. The summed E-state index contributed by atoms with van der Waals surface area (Å²) >= 11 is 4.71. The molecule has 0 fully saturated rings. The number of aliphatic imine (C=N–C) groups is 1. The molecule has 28 heavy (non-hydrogen) atoms. The summed E-state index contributed by atoms with van der Waals surface area (Å²) < 4.78 is 0.470. The number of aromatic hydroxyl groups is 1. The molecule has 0 aliphatic heterocycles. The van der Waals surface area contributed by atoms with Gasteiger partial charge in [0, 0.05) is 27.2 Å². The molecule has 1 aliphatic rings. The average molecular weight is 462 g/mol. The summed E-state index contributed by atoms with van der Waals surface area (Å²) in [7, 11) is 0. The third-order valence-electron chi connectivity index (χ3n) is 5.18. The number of benzene rings is 1. The lowest BCUT2D eigenvalue weighted by Crippen LogP contribution is -2.26. The zero-order valence-electron chi connectivity index (χ0n) is 15.8. The molecule has 1 aromatic carbocycles. The number of halogens is 1. The lowest BCUT2D eigenvalue weighted by molar-refractivity contribution is -0.385. The highest BCUT2D eigenvalue weighted by Crippen LogP contribution is 2.45. The third kappa shape index (κ3) is 3.96. The highest BCUT2D eigenvalue weighted by molar-refractivity contribution is 9.10. The normalized spacial score (nSPS) is 16.8. The molecule has 2 aromatic rings. The lowest BCUT2D eigenvalue weighted by Gasteiger charge is -2.33. The molecule has 1 aliphatic carbocycles. The standard InChI is InChI=1S/C20H20BrN3O3S/c1-20(2,3)12-4-5-14-15(9-22)19(28-17(14)7-12)23-10-11-6-13(21)8-16(18(11)25)24(26)27/h6,8,10,12,25H,4-5,7H2,1-3H3/t12-/m1/s1. The van der Waals surface area contributed by atoms with Gasteiger partial charge in [-0.2, -0.15) is 5.26 Å². The van der Waals surface area contributed by atoms with E-state index in [0.29, 0.717) is 21.0 Å². The van der Waals surface area contributed by atoms with Gasteiger partial charge in [0.2, 0.25) is 5.75 Å². The van der Waals surface area contributed by atoms with Crippen LogP contribution in [0.15, 0.2) is 21.6 Å². The fourth-order valence-electron chi connectivity index (χ4n) is 3.49. The van der Waals surface area contributed by atoms with E-state index >= 15 is 0 Å². The number of fused-ring (bicyclic) bond motifs is 1. The number of thiophene rings is 1. The molecule has 1 heterocycles. The van der Waals surface area contributed by atoms with Crippen LogP contribution in [0.2, 0.25) is 0 Å². The molecule has 0 amide bonds. The van der Waals surface area contributed by atoms with Crippen LogP contribution in [0.1, 0.15) is 48.8 Å². The van der Waals surface area contributed by atoms with Crippen molar-refractivity contribution in [2.45, 2.75) is 40.0 Å². The first-order valence-corrected chi connectivity index (χ1v) is 10.5. The molecule has 0 spiro atoms. The van der Waals surface area contributed by atoms with Crippen molar-refractivity contribution in [1.82, 2.24) is 0 Å². The second-order valence-corrected chi connectivity index (χ2v) is 9.98. The molecule has 0 unspecified atom stereocenters. The Morgan fingerprint density at radius 2 is 2.18 bits per heavy atom. The molecule has 1 atom stereocenters. The van der Waals surface area contributed by atoms with E-state index in [1.165, 1.54) is 28.5 Å². The van der Waals surface area contributed by atoms with E-state index in [4.69, 9.17) is 0 Å². The van der Waals surface area contributed by atoms with Crippen molar-refractivity contribution >= 4 is 44.2 Å². The van der Waals surface area contributed by atoms with Crippen LogP contribution in [0.3, 0.4) is 0 Å². The predicted octanol–water partition coefficient (Wildman–Crippen LogP) is 5.90. The summed E-state index contributed by atoms with van der Waals surface area (Å²) in [6.45, 7) is 6.72. The summed E-state index contributed by atoms with van der Waals surface area (Å²) in [6, 6.07) is 5.06. The first kappa shape index (κ1) is 20.5. The second-order valence-electron chi connectivity index (χ2n) is 7.98. The van der Waals surface area contributed by atoms with E-state index in [1.54, 1.807) is 6.07 Å². The molecule has 1 N–H and O–H groups in total.